The quantitative estimate of drug-likeness (QED) is 0.243. The zero-order valence-electron chi connectivity index (χ0n) is 21.1. The summed E-state index contributed by atoms with van der Waals surface area (Å²) in [7, 11) is -4.00. The second-order valence-corrected chi connectivity index (χ2v) is 11.5. The van der Waals surface area contributed by atoms with Gasteiger partial charge in [-0.2, -0.15) is 5.10 Å². The van der Waals surface area contributed by atoms with E-state index in [1.165, 1.54) is 36.0 Å². The maximum atomic E-state index is 12.4. The molecule has 1 aromatic heterocycles. The van der Waals surface area contributed by atoms with Crippen LogP contribution in [0, 0.1) is 0 Å². The average molecular weight is 601 g/mol. The minimum atomic E-state index is -4.00. The molecular formula is C27H20ClN5NaO4S2. The summed E-state index contributed by atoms with van der Waals surface area (Å²) in [6, 6.07) is 21.7. The van der Waals surface area contributed by atoms with Gasteiger partial charge in [-0.15, -0.1) is 0 Å². The number of aromatic nitrogens is 2. The molecule has 1 aliphatic heterocycles. The summed E-state index contributed by atoms with van der Waals surface area (Å²) in [6.45, 7) is 0. The van der Waals surface area contributed by atoms with E-state index >= 15 is 0 Å². The van der Waals surface area contributed by atoms with E-state index in [1.807, 2.05) is 36.5 Å². The van der Waals surface area contributed by atoms with Crippen molar-refractivity contribution < 1.29 is 18.0 Å². The van der Waals surface area contributed by atoms with Crippen LogP contribution >= 0.6 is 23.4 Å². The van der Waals surface area contributed by atoms with Crippen LogP contribution < -0.4 is 10.0 Å². The van der Waals surface area contributed by atoms with Crippen LogP contribution in [-0.4, -0.2) is 64.7 Å². The van der Waals surface area contributed by atoms with Crippen molar-refractivity contribution in [1.29, 1.82) is 0 Å². The van der Waals surface area contributed by atoms with Gasteiger partial charge in [0, 0.05) is 47.0 Å². The Morgan fingerprint density at radius 1 is 1.05 bits per heavy atom. The fourth-order valence-electron chi connectivity index (χ4n) is 3.63. The number of nitrogens with one attached hydrogen (secondary N) is 2. The van der Waals surface area contributed by atoms with Crippen LogP contribution in [0.2, 0.25) is 5.02 Å². The van der Waals surface area contributed by atoms with Gasteiger partial charge in [0.2, 0.25) is 5.91 Å². The van der Waals surface area contributed by atoms with E-state index in [2.05, 4.69) is 20.1 Å². The van der Waals surface area contributed by atoms with Crippen molar-refractivity contribution in [2.24, 2.45) is 4.99 Å². The summed E-state index contributed by atoms with van der Waals surface area (Å²) in [6.07, 6.45) is 5.21. The van der Waals surface area contributed by atoms with Gasteiger partial charge in [-0.3, -0.25) is 9.59 Å². The van der Waals surface area contributed by atoms with Gasteiger partial charge in [0.15, 0.2) is 5.17 Å². The Kier molecular flexibility index (Phi) is 9.67. The molecule has 0 spiro atoms. The molecule has 3 aromatic carbocycles. The Bertz CT molecular complexity index is 1690. The molecule has 5 rings (SSSR count). The van der Waals surface area contributed by atoms with Crippen LogP contribution in [0.3, 0.4) is 0 Å². The van der Waals surface area contributed by atoms with E-state index in [1.54, 1.807) is 41.2 Å². The third-order valence-corrected chi connectivity index (χ3v) is 8.07. The van der Waals surface area contributed by atoms with Gasteiger partial charge in [0.1, 0.15) is 0 Å². The zero-order valence-corrected chi connectivity index (χ0v) is 25.5. The molecular weight excluding hydrogens is 581 g/mol. The third kappa shape index (κ3) is 7.51. The second-order valence-electron chi connectivity index (χ2n) is 8.35. The fourth-order valence-corrected chi connectivity index (χ4v) is 5.58. The largest absolute Gasteiger partial charge is 0.300 e. The summed E-state index contributed by atoms with van der Waals surface area (Å²) in [4.78, 5) is 29.7. The molecule has 1 aliphatic rings. The van der Waals surface area contributed by atoms with E-state index in [9.17, 15) is 18.0 Å². The van der Waals surface area contributed by atoms with Crippen LogP contribution in [0.25, 0.3) is 11.8 Å². The van der Waals surface area contributed by atoms with Crippen molar-refractivity contribution >= 4 is 91.7 Å². The van der Waals surface area contributed by atoms with E-state index in [0.29, 0.717) is 26.3 Å². The summed E-state index contributed by atoms with van der Waals surface area (Å²) >= 11 is 7.01. The number of hydrogen-bond donors (Lipinski definition) is 2. The molecule has 1 radical (unpaired) electrons. The summed E-state index contributed by atoms with van der Waals surface area (Å²) in [5.74, 6) is -0.917. The van der Waals surface area contributed by atoms with E-state index in [0.717, 1.165) is 11.3 Å². The molecule has 0 aliphatic carbocycles. The van der Waals surface area contributed by atoms with Gasteiger partial charge < -0.3 is 5.32 Å². The molecule has 0 unspecified atom stereocenters. The number of carbonyl (C=O) groups excluding carboxylic acids is 2. The maximum Gasteiger partial charge on any atom is 0.264 e. The SMILES string of the molecule is O=C(Cc1ccc(N=C2NC(=O)C(=Cc3ccc(-n4cccn4)cc3)S2)cc1)NS(=O)(=O)c1ccc(Cl)cc1.[Na]. The van der Waals surface area contributed by atoms with Crippen molar-refractivity contribution in [3.05, 3.63) is 112 Å². The van der Waals surface area contributed by atoms with Gasteiger partial charge in [-0.1, -0.05) is 35.9 Å². The number of hydrogen-bond acceptors (Lipinski definition) is 7. The fraction of sp³-hybridized carbons (Fsp3) is 0.0370. The molecule has 13 heteroatoms. The van der Waals surface area contributed by atoms with E-state index in [4.69, 9.17) is 11.6 Å². The van der Waals surface area contributed by atoms with Gasteiger partial charge >= 0.3 is 0 Å². The molecule has 2 amide bonds. The first-order valence-electron chi connectivity index (χ1n) is 11.5. The Balaban J connectivity index is 0.00000370. The molecule has 0 saturated carbocycles. The van der Waals surface area contributed by atoms with Gasteiger partial charge in [0.05, 0.1) is 27.6 Å². The van der Waals surface area contributed by atoms with Gasteiger partial charge in [-0.05, 0) is 83.6 Å². The van der Waals surface area contributed by atoms with Crippen molar-refractivity contribution in [2.45, 2.75) is 11.3 Å². The standard InChI is InChI=1S/C27H20ClN5O4S2.Na/c28-20-6-12-23(13-7-20)39(36,37)32-25(34)17-19-2-8-21(9-3-19)30-27-31-26(35)24(38-27)16-18-4-10-22(11-5-18)33-15-1-14-29-33;/h1-16H,17H2,(H,32,34)(H,30,31,35);. The number of aliphatic imine (C=N–C) groups is 1. The van der Waals surface area contributed by atoms with E-state index in [-0.39, 0.29) is 46.8 Å². The number of sulfonamides is 1. The third-order valence-electron chi connectivity index (χ3n) is 5.51. The van der Waals surface area contributed by atoms with Crippen molar-refractivity contribution in [3.8, 4) is 5.69 Å². The predicted octanol–water partition coefficient (Wildman–Crippen LogP) is 4.08. The van der Waals surface area contributed by atoms with Crippen LogP contribution in [0.5, 0.6) is 0 Å². The first-order chi connectivity index (χ1) is 18.7. The number of amides is 2. The molecule has 9 nitrogen and oxygen atoms in total. The minimum Gasteiger partial charge on any atom is -0.300 e. The minimum absolute atomic E-state index is 0. The Morgan fingerprint density at radius 3 is 2.40 bits per heavy atom. The average Bonchev–Trinajstić information content (AvgIpc) is 3.56. The topological polar surface area (TPSA) is 123 Å². The summed E-state index contributed by atoms with van der Waals surface area (Å²) < 4.78 is 28.6. The molecule has 2 heterocycles. The summed E-state index contributed by atoms with van der Waals surface area (Å²) in [5, 5.41) is 7.77. The second kappa shape index (κ2) is 13.0. The van der Waals surface area contributed by atoms with Crippen LogP contribution in [-0.2, 0) is 26.0 Å². The Labute approximate surface area is 262 Å². The number of benzene rings is 3. The number of amidine groups is 1. The first-order valence-corrected chi connectivity index (χ1v) is 14.2. The van der Waals surface area contributed by atoms with Crippen molar-refractivity contribution in [2.75, 3.05) is 0 Å². The number of nitrogens with zero attached hydrogens (tertiary/aromatic N) is 3. The zero-order chi connectivity index (χ0) is 27.4. The normalized spacial score (nSPS) is 15.1. The molecule has 4 aromatic rings. The summed E-state index contributed by atoms with van der Waals surface area (Å²) in [5.41, 5.74) is 2.95. The van der Waals surface area contributed by atoms with Crippen LogP contribution in [0.1, 0.15) is 11.1 Å². The van der Waals surface area contributed by atoms with Gasteiger partial charge in [0.25, 0.3) is 15.9 Å². The maximum absolute atomic E-state index is 12.4. The molecule has 1 fully saturated rings. The molecule has 0 atom stereocenters. The molecule has 1 saturated heterocycles. The molecule has 40 heavy (non-hydrogen) atoms. The monoisotopic (exact) mass is 600 g/mol. The smallest absolute Gasteiger partial charge is 0.264 e. The molecule has 197 valence electrons. The number of thioether (sulfide) groups is 1. The Morgan fingerprint density at radius 2 is 1.75 bits per heavy atom. The predicted molar refractivity (Wildman–Crippen MR) is 157 cm³/mol. The van der Waals surface area contributed by atoms with Gasteiger partial charge in [-0.25, -0.2) is 22.8 Å². The number of halogens is 1. The Hall–Kier alpha value is -3.19. The number of rotatable bonds is 7. The van der Waals surface area contributed by atoms with E-state index < -0.39 is 15.9 Å². The molecule has 2 N–H and O–H groups in total. The van der Waals surface area contributed by atoms with Crippen molar-refractivity contribution in [1.82, 2.24) is 19.8 Å². The van der Waals surface area contributed by atoms with Crippen LogP contribution in [0.4, 0.5) is 5.69 Å². The molecule has 0 bridgehead atoms. The number of carbonyl (C=O) groups is 2. The first kappa shape index (κ1) is 29.8. The van der Waals surface area contributed by atoms with Crippen LogP contribution in [0.15, 0.2) is 106 Å². The van der Waals surface area contributed by atoms with Crippen molar-refractivity contribution in [3.63, 3.8) is 0 Å².